The third-order valence-electron chi connectivity index (χ3n) is 6.32. The molecule has 4 heterocycles. The van der Waals surface area contributed by atoms with E-state index in [4.69, 9.17) is 11.6 Å². The number of likely N-dealkylation sites (N-methyl/N-ethyl adjacent to an activating group) is 1. The van der Waals surface area contributed by atoms with Gasteiger partial charge in [-0.2, -0.15) is 7.05 Å². The van der Waals surface area contributed by atoms with Crippen LogP contribution in [0.1, 0.15) is 16.9 Å². The van der Waals surface area contributed by atoms with Crippen LogP contribution in [-0.2, 0) is 17.6 Å². The highest BCUT2D eigenvalue weighted by molar-refractivity contribution is 7.19. The summed E-state index contributed by atoms with van der Waals surface area (Å²) in [6, 6.07) is 4.07. The highest BCUT2D eigenvalue weighted by Crippen LogP contribution is 2.42. The van der Waals surface area contributed by atoms with Gasteiger partial charge in [-0.15, -0.1) is 22.5 Å². The first-order chi connectivity index (χ1) is 15.6. The average molecular weight is 485 g/mol. The fourth-order valence-corrected chi connectivity index (χ4v) is 6.55. The summed E-state index contributed by atoms with van der Waals surface area (Å²) in [4.78, 5) is 26.1. The molecule has 0 saturated carbocycles. The van der Waals surface area contributed by atoms with Crippen LogP contribution in [0.3, 0.4) is 0 Å². The molecule has 1 N–H and O–H groups in total. The molecule has 0 unspecified atom stereocenters. The minimum absolute atomic E-state index is 0.0356. The summed E-state index contributed by atoms with van der Waals surface area (Å²) in [5.74, 6) is 1.04. The Labute approximate surface area is 197 Å². The molecule has 1 amide bonds. The number of carbonyl (C=O) groups is 1. The van der Waals surface area contributed by atoms with E-state index in [1.807, 2.05) is 24.1 Å². The van der Waals surface area contributed by atoms with Crippen molar-refractivity contribution in [3.05, 3.63) is 39.2 Å². The Morgan fingerprint density at radius 2 is 2.19 bits per heavy atom. The normalized spacial score (nSPS) is 18.7. The molecule has 1 saturated heterocycles. The van der Waals surface area contributed by atoms with Crippen molar-refractivity contribution >= 4 is 72.3 Å². The van der Waals surface area contributed by atoms with E-state index in [0.29, 0.717) is 11.1 Å². The Balaban J connectivity index is 1.30. The van der Waals surface area contributed by atoms with Gasteiger partial charge in [0.1, 0.15) is 22.5 Å². The molecule has 32 heavy (non-hydrogen) atoms. The number of thiophene rings is 1. The van der Waals surface area contributed by atoms with Crippen LogP contribution < -0.4 is 5.32 Å². The van der Waals surface area contributed by atoms with Crippen molar-refractivity contribution in [2.75, 3.05) is 25.5 Å². The number of hydrogen-bond acceptors (Lipinski definition) is 8. The summed E-state index contributed by atoms with van der Waals surface area (Å²) in [6.07, 6.45) is 4.02. The molecule has 0 bridgehead atoms. The number of rotatable bonds is 4. The Kier molecular flexibility index (Phi) is 4.98. The molecule has 164 valence electrons. The summed E-state index contributed by atoms with van der Waals surface area (Å²) < 4.78 is 4.95. The summed E-state index contributed by atoms with van der Waals surface area (Å²) >= 11 is 9.48. The van der Waals surface area contributed by atoms with Crippen LogP contribution in [0.5, 0.6) is 0 Å². The lowest BCUT2D eigenvalue weighted by Gasteiger charge is -2.48. The standard InChI is InChI=1S/C21H19ClN7OS2/c1-23-11-7-29(8-11)21(30)10-2-3-12-16(4-10)31-20-18(12)19(24-9-25-20)26-14-6-17-15(5-13(14)22)27-28-32-17/h5-6,9-11H,2-4,7-8H2,1H3,(H,24,25,26)/q-1/t10-/m0/s1. The van der Waals surface area contributed by atoms with Crippen LogP contribution in [0.25, 0.3) is 25.8 Å². The van der Waals surface area contributed by atoms with Crippen LogP contribution >= 0.6 is 34.5 Å². The van der Waals surface area contributed by atoms with Gasteiger partial charge in [-0.3, -0.25) is 4.79 Å². The number of amides is 1. The molecule has 0 spiro atoms. The van der Waals surface area contributed by atoms with Crippen LogP contribution in [0.15, 0.2) is 18.5 Å². The molecule has 0 radical (unpaired) electrons. The minimum Gasteiger partial charge on any atom is -0.659 e. The summed E-state index contributed by atoms with van der Waals surface area (Å²) in [6.45, 7) is 1.51. The molecule has 1 atom stereocenters. The van der Waals surface area contributed by atoms with Gasteiger partial charge in [-0.25, -0.2) is 9.97 Å². The fourth-order valence-electron chi connectivity index (χ4n) is 4.50. The summed E-state index contributed by atoms with van der Waals surface area (Å²) in [7, 11) is 1.82. The number of anilines is 2. The first-order valence-corrected chi connectivity index (χ1v) is 12.4. The molecule has 2 aliphatic rings. The largest absolute Gasteiger partial charge is 0.659 e. The Hall–Kier alpha value is -2.40. The fraction of sp³-hybridized carbons (Fsp3) is 0.381. The quantitative estimate of drug-likeness (QED) is 0.460. The highest BCUT2D eigenvalue weighted by Gasteiger charge is 2.34. The van der Waals surface area contributed by atoms with Crippen molar-refractivity contribution in [3.8, 4) is 0 Å². The summed E-state index contributed by atoms with van der Waals surface area (Å²) in [5.41, 5.74) is 2.80. The van der Waals surface area contributed by atoms with Gasteiger partial charge in [0.25, 0.3) is 0 Å². The van der Waals surface area contributed by atoms with Crippen molar-refractivity contribution in [1.29, 1.82) is 0 Å². The second-order valence-corrected chi connectivity index (χ2v) is 10.5. The zero-order valence-corrected chi connectivity index (χ0v) is 19.6. The molecular formula is C21H19ClN7OS2-. The van der Waals surface area contributed by atoms with Gasteiger partial charge in [0.05, 0.1) is 20.8 Å². The Morgan fingerprint density at radius 1 is 1.31 bits per heavy atom. The molecule has 1 aliphatic heterocycles. The van der Waals surface area contributed by atoms with E-state index in [-0.39, 0.29) is 11.8 Å². The number of benzene rings is 1. The van der Waals surface area contributed by atoms with E-state index in [1.54, 1.807) is 17.7 Å². The van der Waals surface area contributed by atoms with Gasteiger partial charge in [0.2, 0.25) is 5.91 Å². The number of carbonyl (C=O) groups excluding carboxylic acids is 1. The smallest absolute Gasteiger partial charge is 0.225 e. The molecule has 8 nitrogen and oxygen atoms in total. The van der Waals surface area contributed by atoms with Crippen molar-refractivity contribution in [3.63, 3.8) is 0 Å². The maximum atomic E-state index is 12.9. The van der Waals surface area contributed by atoms with Crippen molar-refractivity contribution in [1.82, 2.24) is 24.5 Å². The molecular weight excluding hydrogens is 466 g/mol. The van der Waals surface area contributed by atoms with Crippen LogP contribution in [0.4, 0.5) is 11.5 Å². The molecule has 4 aromatic rings. The third kappa shape index (κ3) is 3.33. The zero-order valence-electron chi connectivity index (χ0n) is 17.2. The average Bonchev–Trinajstić information content (AvgIpc) is 3.36. The van der Waals surface area contributed by atoms with Crippen molar-refractivity contribution in [2.24, 2.45) is 5.92 Å². The van der Waals surface area contributed by atoms with Gasteiger partial charge in [-0.1, -0.05) is 16.1 Å². The minimum atomic E-state index is 0.0356. The number of halogens is 1. The van der Waals surface area contributed by atoms with E-state index < -0.39 is 0 Å². The van der Waals surface area contributed by atoms with Crippen LogP contribution in [0.2, 0.25) is 5.02 Å². The lowest BCUT2D eigenvalue weighted by Crippen LogP contribution is -2.55. The maximum absolute atomic E-state index is 12.9. The number of aromatic nitrogens is 4. The van der Waals surface area contributed by atoms with Crippen molar-refractivity contribution < 1.29 is 4.79 Å². The van der Waals surface area contributed by atoms with E-state index in [0.717, 1.165) is 64.3 Å². The second kappa shape index (κ2) is 7.87. The Morgan fingerprint density at radius 3 is 3.03 bits per heavy atom. The monoisotopic (exact) mass is 484 g/mol. The zero-order chi connectivity index (χ0) is 21.8. The number of aryl methyl sites for hydroxylation is 1. The van der Waals surface area contributed by atoms with Crippen LogP contribution in [0, 0.1) is 5.92 Å². The van der Waals surface area contributed by atoms with E-state index in [2.05, 4.69) is 30.2 Å². The lowest BCUT2D eigenvalue weighted by molar-refractivity contribution is -0.139. The maximum Gasteiger partial charge on any atom is 0.225 e. The number of nitrogens with one attached hydrogen (secondary N) is 1. The number of fused-ring (bicyclic) bond motifs is 4. The third-order valence-corrected chi connectivity index (χ3v) is 8.49. The molecule has 1 aromatic carbocycles. The first kappa shape index (κ1) is 20.2. The van der Waals surface area contributed by atoms with Gasteiger partial charge in [-0.05, 0) is 48.5 Å². The van der Waals surface area contributed by atoms with E-state index >= 15 is 0 Å². The molecule has 3 aromatic heterocycles. The second-order valence-electron chi connectivity index (χ2n) is 8.20. The van der Waals surface area contributed by atoms with Gasteiger partial charge in [0.15, 0.2) is 0 Å². The van der Waals surface area contributed by atoms with E-state index in [9.17, 15) is 4.79 Å². The summed E-state index contributed by atoms with van der Waals surface area (Å²) in [5, 5.41) is 13.4. The number of nitrogens with zero attached hydrogens (tertiary/aromatic N) is 6. The number of hydrogen-bond donors (Lipinski definition) is 1. The van der Waals surface area contributed by atoms with E-state index in [1.165, 1.54) is 22.0 Å². The van der Waals surface area contributed by atoms with Gasteiger partial charge >= 0.3 is 0 Å². The highest BCUT2D eigenvalue weighted by atomic mass is 35.5. The van der Waals surface area contributed by atoms with Gasteiger partial charge in [0, 0.05) is 23.9 Å². The molecule has 1 aliphatic carbocycles. The molecule has 6 rings (SSSR count). The topological polar surface area (TPSA) is 98.0 Å². The van der Waals surface area contributed by atoms with Gasteiger partial charge < -0.3 is 15.5 Å². The first-order valence-electron chi connectivity index (χ1n) is 10.4. The molecule has 1 fully saturated rings. The SMILES string of the molecule is C[N-]C1CN(C(=O)[C@H]2CCc3c(sc4ncnc(Nc5cc6snnc6cc5Cl)c34)C2)C1. The van der Waals surface area contributed by atoms with Crippen LogP contribution in [-0.4, -0.2) is 56.5 Å². The molecule has 11 heteroatoms. The number of likely N-dealkylation sites (tertiary alicyclic amines) is 1. The lowest BCUT2D eigenvalue weighted by atomic mass is 9.86. The van der Waals surface area contributed by atoms with Crippen molar-refractivity contribution in [2.45, 2.75) is 25.3 Å². The predicted octanol–water partition coefficient (Wildman–Crippen LogP) is 4.41. The predicted molar refractivity (Wildman–Crippen MR) is 128 cm³/mol. The Bertz CT molecular complexity index is 1350.